The number of ether oxygens (including phenoxy) is 2. The molecule has 2 saturated heterocycles. The third kappa shape index (κ3) is 4.93. The molecule has 8 heteroatoms. The van der Waals surface area contributed by atoms with Crippen LogP contribution in [0.4, 0.5) is 0 Å². The number of aliphatic hydroxyl groups is 1. The van der Waals surface area contributed by atoms with Crippen molar-refractivity contribution in [1.82, 2.24) is 9.80 Å². The highest BCUT2D eigenvalue weighted by molar-refractivity contribution is 5.99. The van der Waals surface area contributed by atoms with Gasteiger partial charge < -0.3 is 24.4 Å². The second kappa shape index (κ2) is 11.6. The predicted molar refractivity (Wildman–Crippen MR) is 145 cm³/mol. The fourth-order valence-corrected chi connectivity index (χ4v) is 6.84. The molecule has 8 nitrogen and oxygen atoms in total. The van der Waals surface area contributed by atoms with Crippen LogP contribution in [0.1, 0.15) is 57.4 Å². The molecule has 4 aliphatic rings. The fourth-order valence-electron chi connectivity index (χ4n) is 6.84. The number of hydrogen-bond acceptors (Lipinski definition) is 6. The molecule has 1 N–H and O–H groups in total. The van der Waals surface area contributed by atoms with Gasteiger partial charge in [-0.15, -0.1) is 0 Å². The molecule has 4 heterocycles. The summed E-state index contributed by atoms with van der Waals surface area (Å²) in [5.74, 6) is -2.52. The van der Waals surface area contributed by atoms with Gasteiger partial charge in [0.05, 0.1) is 12.5 Å². The monoisotopic (exact) mass is 536 g/mol. The lowest BCUT2D eigenvalue weighted by molar-refractivity contribution is -0.161. The maximum Gasteiger partial charge on any atom is 0.313 e. The first-order chi connectivity index (χ1) is 19.0. The van der Waals surface area contributed by atoms with Crippen molar-refractivity contribution in [3.8, 4) is 0 Å². The molecule has 5 atom stereocenters. The van der Waals surface area contributed by atoms with Crippen LogP contribution in [-0.4, -0.2) is 76.2 Å². The van der Waals surface area contributed by atoms with E-state index in [2.05, 4.69) is 6.08 Å². The maximum atomic E-state index is 14.4. The summed E-state index contributed by atoms with van der Waals surface area (Å²) < 4.78 is 12.7. The van der Waals surface area contributed by atoms with Gasteiger partial charge in [-0.25, -0.2) is 0 Å². The molecule has 0 aromatic heterocycles. The van der Waals surface area contributed by atoms with Gasteiger partial charge in [-0.1, -0.05) is 61.6 Å². The summed E-state index contributed by atoms with van der Waals surface area (Å²) in [4.78, 5) is 45.8. The van der Waals surface area contributed by atoms with Gasteiger partial charge in [0.2, 0.25) is 11.8 Å². The number of likely N-dealkylation sites (tertiary alicyclic amines) is 1. The highest BCUT2D eigenvalue weighted by Gasteiger charge is 2.75. The lowest BCUT2D eigenvalue weighted by atomic mass is 9.73. The van der Waals surface area contributed by atoms with E-state index in [0.717, 1.165) is 31.2 Å². The van der Waals surface area contributed by atoms with E-state index >= 15 is 0 Å². The van der Waals surface area contributed by atoms with E-state index in [1.165, 1.54) is 0 Å². The number of amides is 2. The normalized spacial score (nSPS) is 33.3. The molecule has 4 aliphatic heterocycles. The van der Waals surface area contributed by atoms with E-state index in [-0.39, 0.29) is 18.4 Å². The minimum atomic E-state index is -1.27. The smallest absolute Gasteiger partial charge is 0.313 e. The number of cyclic esters (lactones) is 1. The molecule has 1 aromatic carbocycles. The van der Waals surface area contributed by atoms with E-state index in [4.69, 9.17) is 9.47 Å². The number of fused-ring (bicyclic) bond motifs is 2. The second-order valence-corrected chi connectivity index (χ2v) is 11.1. The molecule has 0 bridgehead atoms. The van der Waals surface area contributed by atoms with Gasteiger partial charge in [-0.2, -0.15) is 0 Å². The average molecular weight is 537 g/mol. The first-order valence-corrected chi connectivity index (χ1v) is 14.4. The minimum absolute atomic E-state index is 0.0822. The molecule has 210 valence electrons. The lowest BCUT2D eigenvalue weighted by Gasteiger charge is -2.38. The Morgan fingerprint density at radius 3 is 2.56 bits per heavy atom. The summed E-state index contributed by atoms with van der Waals surface area (Å²) in [7, 11) is 0. The van der Waals surface area contributed by atoms with Crippen molar-refractivity contribution in [1.29, 1.82) is 0 Å². The lowest BCUT2D eigenvalue weighted by Crippen LogP contribution is -2.56. The summed E-state index contributed by atoms with van der Waals surface area (Å²) in [6.07, 6.45) is 12.8. The standard InChI is InChI=1S/C31H40N2O6/c1-2-30-16-9-3-4-12-21-38-29(37)25(30)24-27(35)33(19-10-6-11-20-34)26-28(36)32(18-13-17-31(24,26)39-30)22-23-14-7-5-8-15-23/h5,7-9,13-17,24-26,34H,2-4,6,10-12,18-22H2,1H3/b16-9-/t24-,25-,26?,30+,31-/m0/s1. The number of allylic oxidation sites excluding steroid dienone is 1. The van der Waals surface area contributed by atoms with Gasteiger partial charge in [0.1, 0.15) is 23.2 Å². The van der Waals surface area contributed by atoms with Crippen LogP contribution in [0.25, 0.3) is 0 Å². The van der Waals surface area contributed by atoms with Gasteiger partial charge in [0, 0.05) is 26.2 Å². The number of esters is 1. The molecule has 39 heavy (non-hydrogen) atoms. The topological polar surface area (TPSA) is 96.4 Å². The Morgan fingerprint density at radius 1 is 0.974 bits per heavy atom. The Hall–Kier alpha value is -2.97. The first kappa shape index (κ1) is 27.6. The van der Waals surface area contributed by atoms with Gasteiger partial charge >= 0.3 is 5.97 Å². The quantitative estimate of drug-likeness (QED) is 0.311. The van der Waals surface area contributed by atoms with E-state index < -0.39 is 35.0 Å². The number of rotatable bonds is 8. The van der Waals surface area contributed by atoms with Gasteiger partial charge in [0.15, 0.2) is 0 Å². The number of carbonyl (C=O) groups is 3. The van der Waals surface area contributed by atoms with Crippen LogP contribution in [-0.2, 0) is 30.4 Å². The maximum absolute atomic E-state index is 14.4. The molecular formula is C31H40N2O6. The first-order valence-electron chi connectivity index (χ1n) is 14.4. The fraction of sp³-hybridized carbons (Fsp3) is 0.581. The molecule has 1 spiro atoms. The van der Waals surface area contributed by atoms with E-state index in [1.807, 2.05) is 55.5 Å². The Bertz CT molecular complexity index is 1120. The number of carbonyl (C=O) groups excluding carboxylic acids is 3. The van der Waals surface area contributed by atoms with Crippen molar-refractivity contribution in [3.05, 3.63) is 60.2 Å². The molecule has 0 saturated carbocycles. The Balaban J connectivity index is 1.57. The van der Waals surface area contributed by atoms with E-state index in [1.54, 1.807) is 9.80 Å². The molecular weight excluding hydrogens is 496 g/mol. The van der Waals surface area contributed by atoms with E-state index in [0.29, 0.717) is 45.5 Å². The zero-order chi connectivity index (χ0) is 27.5. The molecule has 1 aromatic rings. The van der Waals surface area contributed by atoms with Crippen molar-refractivity contribution in [2.45, 2.75) is 75.7 Å². The minimum Gasteiger partial charge on any atom is -0.465 e. The number of aliphatic hydroxyl groups excluding tert-OH is 1. The molecule has 2 amide bonds. The van der Waals surface area contributed by atoms with Gasteiger partial charge in [0.25, 0.3) is 0 Å². The highest BCUT2D eigenvalue weighted by Crippen LogP contribution is 2.58. The summed E-state index contributed by atoms with van der Waals surface area (Å²) in [6, 6.07) is 8.93. The third-order valence-corrected chi connectivity index (χ3v) is 8.74. The van der Waals surface area contributed by atoms with Crippen LogP contribution in [0.2, 0.25) is 0 Å². The predicted octanol–water partition coefficient (Wildman–Crippen LogP) is 3.39. The van der Waals surface area contributed by atoms with Crippen LogP contribution < -0.4 is 0 Å². The summed E-state index contributed by atoms with van der Waals surface area (Å²) >= 11 is 0. The van der Waals surface area contributed by atoms with Gasteiger partial charge in [-0.05, 0) is 50.5 Å². The van der Waals surface area contributed by atoms with Crippen molar-refractivity contribution < 1.29 is 29.0 Å². The van der Waals surface area contributed by atoms with E-state index in [9.17, 15) is 19.5 Å². The summed E-state index contributed by atoms with van der Waals surface area (Å²) in [5.41, 5.74) is -1.30. The largest absolute Gasteiger partial charge is 0.465 e. The third-order valence-electron chi connectivity index (χ3n) is 8.74. The average Bonchev–Trinajstić information content (AvgIpc) is 3.30. The van der Waals surface area contributed by atoms with Crippen molar-refractivity contribution in [3.63, 3.8) is 0 Å². The van der Waals surface area contributed by atoms with Crippen LogP contribution >= 0.6 is 0 Å². The number of benzene rings is 1. The van der Waals surface area contributed by atoms with Crippen LogP contribution in [0.5, 0.6) is 0 Å². The molecule has 2 fully saturated rings. The second-order valence-electron chi connectivity index (χ2n) is 11.1. The Morgan fingerprint density at radius 2 is 1.79 bits per heavy atom. The Kier molecular flexibility index (Phi) is 8.24. The van der Waals surface area contributed by atoms with Crippen LogP contribution in [0, 0.1) is 11.8 Å². The number of unbranched alkanes of at least 4 members (excludes halogenated alkanes) is 2. The van der Waals surface area contributed by atoms with Crippen LogP contribution in [0.15, 0.2) is 54.6 Å². The Labute approximate surface area is 230 Å². The zero-order valence-electron chi connectivity index (χ0n) is 22.8. The SMILES string of the molecule is CC[C@@]12/C=C\CCCCOC(=O)[C@@H]1[C@H]1C(=O)N(CCCCCO)C3C(=O)N(Cc4ccccc4)CC=C[C@@]31O2. The molecule has 0 radical (unpaired) electrons. The zero-order valence-corrected chi connectivity index (χ0v) is 22.8. The van der Waals surface area contributed by atoms with Crippen molar-refractivity contribution in [2.24, 2.45) is 11.8 Å². The summed E-state index contributed by atoms with van der Waals surface area (Å²) in [6.45, 7) is 3.52. The van der Waals surface area contributed by atoms with Crippen molar-refractivity contribution >= 4 is 17.8 Å². The number of nitrogens with zero attached hydrogens (tertiary/aromatic N) is 2. The summed E-state index contributed by atoms with van der Waals surface area (Å²) in [5, 5.41) is 9.26. The van der Waals surface area contributed by atoms with Gasteiger partial charge in [-0.3, -0.25) is 14.4 Å². The molecule has 1 unspecified atom stereocenters. The van der Waals surface area contributed by atoms with Crippen LogP contribution in [0.3, 0.4) is 0 Å². The highest BCUT2D eigenvalue weighted by atomic mass is 16.6. The van der Waals surface area contributed by atoms with Crippen molar-refractivity contribution in [2.75, 3.05) is 26.3 Å². The molecule has 0 aliphatic carbocycles. The molecule has 5 rings (SSSR count). The number of hydrogen-bond donors (Lipinski definition) is 1.